The Bertz CT molecular complexity index is 694. The van der Waals surface area contributed by atoms with Crippen LogP contribution in [0.1, 0.15) is 22.5 Å². The van der Waals surface area contributed by atoms with Crippen LogP contribution in [0.4, 0.5) is 13.2 Å². The van der Waals surface area contributed by atoms with Gasteiger partial charge in [0, 0.05) is 13.2 Å². The number of carboxylic acid groups (broad SMARTS) is 1. The second kappa shape index (κ2) is 5.23. The molecule has 0 aliphatic heterocycles. The topological polar surface area (TPSA) is 77.2 Å². The smallest absolute Gasteiger partial charge is 0.392 e. The predicted octanol–water partition coefficient (Wildman–Crippen LogP) is 2.31. The molecular weight excluding hydrogens is 291 g/mol. The van der Waals surface area contributed by atoms with E-state index in [0.29, 0.717) is 16.7 Å². The number of alkyl halides is 3. The lowest BCUT2D eigenvalue weighted by Crippen LogP contribution is -2.14. The van der Waals surface area contributed by atoms with Gasteiger partial charge in [-0.1, -0.05) is 0 Å². The van der Waals surface area contributed by atoms with E-state index in [4.69, 9.17) is 9.84 Å². The molecule has 0 aliphatic rings. The minimum atomic E-state index is -4.38. The molecule has 0 radical (unpaired) electrons. The lowest BCUT2D eigenvalue weighted by molar-refractivity contribution is -0.139. The fourth-order valence-corrected chi connectivity index (χ4v) is 1.95. The Kier molecular flexibility index (Phi) is 3.75. The summed E-state index contributed by atoms with van der Waals surface area (Å²) in [5.41, 5.74) is 0.491. The third-order valence-corrected chi connectivity index (χ3v) is 2.84. The van der Waals surface area contributed by atoms with Crippen LogP contribution in [0.25, 0.3) is 11.0 Å². The molecule has 2 rings (SSSR count). The first-order chi connectivity index (χ1) is 9.70. The Morgan fingerprint density at radius 1 is 1.48 bits per heavy atom. The first-order valence-electron chi connectivity index (χ1n) is 5.96. The molecule has 2 heterocycles. The van der Waals surface area contributed by atoms with Gasteiger partial charge in [0.25, 0.3) is 0 Å². The highest BCUT2D eigenvalue weighted by atomic mass is 19.4. The van der Waals surface area contributed by atoms with E-state index in [-0.39, 0.29) is 11.3 Å². The van der Waals surface area contributed by atoms with Gasteiger partial charge < -0.3 is 9.84 Å². The minimum Gasteiger partial charge on any atom is -0.491 e. The second-order valence-corrected chi connectivity index (χ2v) is 4.43. The summed E-state index contributed by atoms with van der Waals surface area (Å²) in [7, 11) is 1.60. The second-order valence-electron chi connectivity index (χ2n) is 4.43. The number of halogens is 3. The van der Waals surface area contributed by atoms with E-state index in [1.807, 2.05) is 0 Å². The van der Waals surface area contributed by atoms with Gasteiger partial charge in [-0.05, 0) is 6.92 Å². The maximum atomic E-state index is 12.2. The molecular formula is C12H12F3N3O3. The monoisotopic (exact) mass is 303 g/mol. The van der Waals surface area contributed by atoms with Gasteiger partial charge in [0.05, 0.1) is 24.1 Å². The summed E-state index contributed by atoms with van der Waals surface area (Å²) in [5.74, 6) is -1.46. The summed E-state index contributed by atoms with van der Waals surface area (Å²) in [6, 6.07) is 0. The highest BCUT2D eigenvalue weighted by Gasteiger charge is 2.28. The number of hydrogen-bond acceptors (Lipinski definition) is 4. The first-order valence-corrected chi connectivity index (χ1v) is 5.96. The number of fused-ring (bicyclic) bond motifs is 1. The van der Waals surface area contributed by atoms with E-state index < -0.39 is 25.2 Å². The lowest BCUT2D eigenvalue weighted by Gasteiger charge is -2.12. The van der Waals surface area contributed by atoms with Crippen LogP contribution in [0.3, 0.4) is 0 Å². The van der Waals surface area contributed by atoms with Crippen LogP contribution in [0.2, 0.25) is 0 Å². The SMILES string of the molecule is Cc1nn(C)c2ncc(C(=O)O)c(OCCC(F)(F)F)c12. The van der Waals surface area contributed by atoms with Gasteiger partial charge in [0.15, 0.2) is 5.65 Å². The number of ether oxygens (including phenoxy) is 1. The quantitative estimate of drug-likeness (QED) is 0.937. The number of hydrogen-bond donors (Lipinski definition) is 1. The van der Waals surface area contributed by atoms with Crippen molar-refractivity contribution < 1.29 is 27.8 Å². The van der Waals surface area contributed by atoms with Crippen molar-refractivity contribution in [1.82, 2.24) is 14.8 Å². The number of carbonyl (C=O) groups is 1. The molecule has 0 atom stereocenters. The van der Waals surface area contributed by atoms with Crippen LogP contribution in [-0.2, 0) is 7.05 Å². The molecule has 0 saturated heterocycles. The van der Waals surface area contributed by atoms with E-state index in [2.05, 4.69) is 10.1 Å². The zero-order chi connectivity index (χ0) is 15.8. The Morgan fingerprint density at radius 3 is 2.71 bits per heavy atom. The van der Waals surface area contributed by atoms with Crippen molar-refractivity contribution in [2.75, 3.05) is 6.61 Å². The highest BCUT2D eigenvalue weighted by Crippen LogP contribution is 2.31. The highest BCUT2D eigenvalue weighted by molar-refractivity contribution is 5.98. The van der Waals surface area contributed by atoms with Crippen LogP contribution >= 0.6 is 0 Å². The third-order valence-electron chi connectivity index (χ3n) is 2.84. The van der Waals surface area contributed by atoms with Gasteiger partial charge in [-0.25, -0.2) is 9.78 Å². The van der Waals surface area contributed by atoms with Gasteiger partial charge in [0.1, 0.15) is 11.3 Å². The fraction of sp³-hybridized carbons (Fsp3) is 0.417. The molecule has 0 bridgehead atoms. The van der Waals surface area contributed by atoms with Crippen LogP contribution in [0.5, 0.6) is 5.75 Å². The Balaban J connectivity index is 2.47. The number of rotatable bonds is 4. The molecule has 21 heavy (non-hydrogen) atoms. The largest absolute Gasteiger partial charge is 0.491 e. The Labute approximate surface area is 117 Å². The van der Waals surface area contributed by atoms with Gasteiger partial charge in [-0.2, -0.15) is 18.3 Å². The normalized spacial score (nSPS) is 11.9. The number of aromatic carboxylic acids is 1. The van der Waals surface area contributed by atoms with Crippen LogP contribution in [-0.4, -0.2) is 38.6 Å². The van der Waals surface area contributed by atoms with Crippen molar-refractivity contribution >= 4 is 17.0 Å². The molecule has 0 amide bonds. The maximum Gasteiger partial charge on any atom is 0.392 e. The van der Waals surface area contributed by atoms with Crippen molar-refractivity contribution in [3.05, 3.63) is 17.5 Å². The molecule has 9 heteroatoms. The maximum absolute atomic E-state index is 12.2. The Morgan fingerprint density at radius 2 is 2.14 bits per heavy atom. The molecule has 2 aromatic heterocycles. The van der Waals surface area contributed by atoms with E-state index in [0.717, 1.165) is 6.20 Å². The lowest BCUT2D eigenvalue weighted by atomic mass is 10.1. The number of aryl methyl sites for hydroxylation is 2. The molecule has 0 fully saturated rings. The fourth-order valence-electron chi connectivity index (χ4n) is 1.95. The molecule has 114 valence electrons. The summed E-state index contributed by atoms with van der Waals surface area (Å²) in [4.78, 5) is 15.1. The van der Waals surface area contributed by atoms with Gasteiger partial charge in [0.2, 0.25) is 0 Å². The van der Waals surface area contributed by atoms with Crippen molar-refractivity contribution in [2.45, 2.75) is 19.5 Å². The van der Waals surface area contributed by atoms with Gasteiger partial charge in [-0.3, -0.25) is 4.68 Å². The molecule has 0 saturated carbocycles. The summed E-state index contributed by atoms with van der Waals surface area (Å²) < 4.78 is 43.1. The predicted molar refractivity (Wildman–Crippen MR) is 66.4 cm³/mol. The number of carboxylic acids is 1. The molecule has 0 aliphatic carbocycles. The van der Waals surface area contributed by atoms with Crippen molar-refractivity contribution in [2.24, 2.45) is 7.05 Å². The summed E-state index contributed by atoms with van der Waals surface area (Å²) in [6.45, 7) is 0.934. The standard InChI is InChI=1S/C12H12F3N3O3/c1-6-8-9(21-4-3-12(13,14)15)7(11(19)20)5-16-10(8)18(2)17-6/h5H,3-4H2,1-2H3,(H,19,20). The summed E-state index contributed by atoms with van der Waals surface area (Å²) >= 11 is 0. The molecule has 1 N–H and O–H groups in total. The van der Waals surface area contributed by atoms with Crippen LogP contribution in [0.15, 0.2) is 6.20 Å². The third kappa shape index (κ3) is 3.06. The number of pyridine rings is 1. The van der Waals surface area contributed by atoms with Crippen molar-refractivity contribution in [3.8, 4) is 5.75 Å². The first kappa shape index (κ1) is 15.1. The summed E-state index contributed by atoms with van der Waals surface area (Å²) in [6.07, 6.45) is -4.50. The number of nitrogens with zero attached hydrogens (tertiary/aromatic N) is 3. The molecule has 0 spiro atoms. The minimum absolute atomic E-state index is 0.137. The van der Waals surface area contributed by atoms with Gasteiger partial charge in [-0.15, -0.1) is 0 Å². The van der Waals surface area contributed by atoms with Crippen molar-refractivity contribution in [3.63, 3.8) is 0 Å². The molecule has 0 aromatic carbocycles. The molecule has 0 unspecified atom stereocenters. The Hall–Kier alpha value is -2.32. The van der Waals surface area contributed by atoms with Crippen LogP contribution in [0, 0.1) is 6.92 Å². The summed E-state index contributed by atoms with van der Waals surface area (Å²) in [5, 5.41) is 13.5. The van der Waals surface area contributed by atoms with E-state index in [9.17, 15) is 18.0 Å². The van der Waals surface area contributed by atoms with E-state index in [1.54, 1.807) is 14.0 Å². The van der Waals surface area contributed by atoms with Crippen LogP contribution < -0.4 is 4.74 Å². The van der Waals surface area contributed by atoms with Gasteiger partial charge >= 0.3 is 12.1 Å². The van der Waals surface area contributed by atoms with E-state index >= 15 is 0 Å². The van der Waals surface area contributed by atoms with E-state index in [1.165, 1.54) is 4.68 Å². The van der Waals surface area contributed by atoms with Crippen molar-refractivity contribution in [1.29, 1.82) is 0 Å². The average molecular weight is 303 g/mol. The zero-order valence-electron chi connectivity index (χ0n) is 11.2. The molecule has 6 nitrogen and oxygen atoms in total. The average Bonchev–Trinajstić information content (AvgIpc) is 2.63. The zero-order valence-corrected chi connectivity index (χ0v) is 11.2. The number of aromatic nitrogens is 3. The molecule has 2 aromatic rings.